The zero-order chi connectivity index (χ0) is 20.1. The van der Waals surface area contributed by atoms with E-state index < -0.39 is 16.6 Å². The molecule has 0 radical (unpaired) electrons. The number of carbonyl (C=O) groups is 1. The maximum atomic E-state index is 13.8. The second kappa shape index (κ2) is 8.57. The quantitative estimate of drug-likeness (QED) is 0.367. The normalized spacial score (nSPS) is 10.6. The number of nitro benzene ring substituents is 1. The van der Waals surface area contributed by atoms with Crippen LogP contribution in [0.1, 0.15) is 6.92 Å². The van der Waals surface area contributed by atoms with Crippen LogP contribution in [0.4, 0.5) is 15.8 Å². The monoisotopic (exact) mass is 402 g/mol. The van der Waals surface area contributed by atoms with Crippen molar-refractivity contribution in [1.82, 2.24) is 19.7 Å². The van der Waals surface area contributed by atoms with E-state index in [1.807, 2.05) is 23.6 Å². The van der Waals surface area contributed by atoms with Crippen molar-refractivity contribution in [3.8, 4) is 11.4 Å². The van der Waals surface area contributed by atoms with Crippen molar-refractivity contribution in [1.29, 1.82) is 0 Å². The number of halogens is 1. The Balaban J connectivity index is 1.70. The van der Waals surface area contributed by atoms with Gasteiger partial charge in [0.2, 0.25) is 5.91 Å². The van der Waals surface area contributed by atoms with Crippen molar-refractivity contribution >= 4 is 29.0 Å². The first-order valence-corrected chi connectivity index (χ1v) is 9.18. The first-order valence-electron chi connectivity index (χ1n) is 8.19. The fourth-order valence-electron chi connectivity index (χ4n) is 2.43. The van der Waals surface area contributed by atoms with Gasteiger partial charge in [0.25, 0.3) is 5.69 Å². The lowest BCUT2D eigenvalue weighted by Gasteiger charge is -2.08. The summed E-state index contributed by atoms with van der Waals surface area (Å²) in [5.74, 6) is -0.671. The molecule has 0 spiro atoms. The van der Waals surface area contributed by atoms with E-state index in [0.29, 0.717) is 17.5 Å². The molecule has 3 rings (SSSR count). The third-order valence-electron chi connectivity index (χ3n) is 3.74. The largest absolute Gasteiger partial charge is 0.323 e. The minimum absolute atomic E-state index is 0.0589. The van der Waals surface area contributed by atoms with E-state index in [-0.39, 0.29) is 17.1 Å². The SMILES string of the molecule is CCn1c(SCC(=O)Nc2cc([N+](=O)[O-])ccc2F)nnc1-c1ccncc1. The number of thioether (sulfide) groups is 1. The molecular formula is C17H15FN6O3S. The van der Waals surface area contributed by atoms with Crippen molar-refractivity contribution in [2.45, 2.75) is 18.6 Å². The number of non-ortho nitro benzene ring substituents is 1. The van der Waals surface area contributed by atoms with Crippen LogP contribution in [0.5, 0.6) is 0 Å². The summed E-state index contributed by atoms with van der Waals surface area (Å²) in [6, 6.07) is 6.57. The van der Waals surface area contributed by atoms with Gasteiger partial charge in [0.15, 0.2) is 11.0 Å². The van der Waals surface area contributed by atoms with E-state index in [4.69, 9.17) is 0 Å². The summed E-state index contributed by atoms with van der Waals surface area (Å²) in [5.41, 5.74) is 0.297. The summed E-state index contributed by atoms with van der Waals surface area (Å²) in [5, 5.41) is 21.9. The summed E-state index contributed by atoms with van der Waals surface area (Å²) in [4.78, 5) is 26.3. The lowest BCUT2D eigenvalue weighted by Crippen LogP contribution is -2.15. The van der Waals surface area contributed by atoms with Crippen LogP contribution in [0.3, 0.4) is 0 Å². The van der Waals surface area contributed by atoms with Gasteiger partial charge < -0.3 is 9.88 Å². The second-order valence-electron chi connectivity index (χ2n) is 5.54. The number of pyridine rings is 1. The Morgan fingerprint density at radius 3 is 2.71 bits per heavy atom. The number of amides is 1. The van der Waals surface area contributed by atoms with E-state index >= 15 is 0 Å². The average molecular weight is 402 g/mol. The Morgan fingerprint density at radius 1 is 1.29 bits per heavy atom. The van der Waals surface area contributed by atoms with Crippen LogP contribution in [0.15, 0.2) is 47.9 Å². The third kappa shape index (κ3) is 4.31. The number of aromatic nitrogens is 4. The molecule has 2 heterocycles. The number of nitro groups is 1. The Hall–Kier alpha value is -3.34. The highest BCUT2D eigenvalue weighted by molar-refractivity contribution is 7.99. The first kappa shape index (κ1) is 19.4. The van der Waals surface area contributed by atoms with Crippen LogP contribution in [0.2, 0.25) is 0 Å². The van der Waals surface area contributed by atoms with Crippen LogP contribution in [0, 0.1) is 15.9 Å². The molecule has 1 N–H and O–H groups in total. The summed E-state index contributed by atoms with van der Waals surface area (Å²) in [7, 11) is 0. The first-order chi connectivity index (χ1) is 13.5. The summed E-state index contributed by atoms with van der Waals surface area (Å²) >= 11 is 1.14. The molecule has 2 aromatic heterocycles. The van der Waals surface area contributed by atoms with Crippen molar-refractivity contribution in [3.05, 3.63) is 58.7 Å². The summed E-state index contributed by atoms with van der Waals surface area (Å²) in [6.45, 7) is 2.52. The molecule has 0 aliphatic heterocycles. The molecule has 11 heteroatoms. The van der Waals surface area contributed by atoms with Gasteiger partial charge in [-0.1, -0.05) is 11.8 Å². The van der Waals surface area contributed by atoms with E-state index in [2.05, 4.69) is 20.5 Å². The molecule has 0 saturated heterocycles. The van der Waals surface area contributed by atoms with Gasteiger partial charge in [-0.2, -0.15) is 0 Å². The van der Waals surface area contributed by atoms with Gasteiger partial charge >= 0.3 is 0 Å². The van der Waals surface area contributed by atoms with Crippen LogP contribution in [-0.4, -0.2) is 36.3 Å². The number of hydrogen-bond donors (Lipinski definition) is 1. The Morgan fingerprint density at radius 2 is 2.04 bits per heavy atom. The number of rotatable bonds is 7. The molecule has 1 amide bonds. The Labute approximate surface area is 163 Å². The Kier molecular flexibility index (Phi) is 5.94. The second-order valence-corrected chi connectivity index (χ2v) is 6.49. The van der Waals surface area contributed by atoms with Crippen molar-refractivity contribution in [2.75, 3.05) is 11.1 Å². The lowest BCUT2D eigenvalue weighted by atomic mass is 10.2. The van der Waals surface area contributed by atoms with E-state index in [9.17, 15) is 19.3 Å². The fourth-order valence-corrected chi connectivity index (χ4v) is 3.24. The molecule has 0 unspecified atom stereocenters. The molecule has 1 aromatic carbocycles. The smallest absolute Gasteiger partial charge is 0.271 e. The van der Waals surface area contributed by atoms with Gasteiger partial charge in [-0.05, 0) is 25.1 Å². The van der Waals surface area contributed by atoms with Crippen LogP contribution >= 0.6 is 11.8 Å². The van der Waals surface area contributed by atoms with Crippen LogP contribution in [0.25, 0.3) is 11.4 Å². The van der Waals surface area contributed by atoms with Gasteiger partial charge in [0.1, 0.15) is 5.82 Å². The van der Waals surface area contributed by atoms with Gasteiger partial charge in [-0.3, -0.25) is 19.9 Å². The van der Waals surface area contributed by atoms with Crippen molar-refractivity contribution in [3.63, 3.8) is 0 Å². The minimum Gasteiger partial charge on any atom is -0.323 e. The minimum atomic E-state index is -0.749. The maximum Gasteiger partial charge on any atom is 0.271 e. The number of carbonyl (C=O) groups excluding carboxylic acids is 1. The lowest BCUT2D eigenvalue weighted by molar-refractivity contribution is -0.384. The number of nitrogens with zero attached hydrogens (tertiary/aromatic N) is 5. The number of benzene rings is 1. The topological polar surface area (TPSA) is 116 Å². The van der Waals surface area contributed by atoms with Gasteiger partial charge in [-0.15, -0.1) is 10.2 Å². The van der Waals surface area contributed by atoms with Crippen molar-refractivity contribution < 1.29 is 14.1 Å². The summed E-state index contributed by atoms with van der Waals surface area (Å²) in [6.07, 6.45) is 3.30. The third-order valence-corrected chi connectivity index (χ3v) is 4.71. The number of anilines is 1. The highest BCUT2D eigenvalue weighted by Crippen LogP contribution is 2.25. The van der Waals surface area contributed by atoms with E-state index in [1.165, 1.54) is 0 Å². The van der Waals surface area contributed by atoms with Crippen LogP contribution in [-0.2, 0) is 11.3 Å². The van der Waals surface area contributed by atoms with Crippen LogP contribution < -0.4 is 5.32 Å². The van der Waals surface area contributed by atoms with Gasteiger partial charge in [0, 0.05) is 36.6 Å². The highest BCUT2D eigenvalue weighted by Gasteiger charge is 2.16. The molecule has 0 fully saturated rings. The molecule has 28 heavy (non-hydrogen) atoms. The zero-order valence-corrected chi connectivity index (χ0v) is 15.5. The molecule has 3 aromatic rings. The molecule has 0 aliphatic carbocycles. The van der Waals surface area contributed by atoms with Gasteiger partial charge in [-0.25, -0.2) is 4.39 Å². The Bertz CT molecular complexity index is 1010. The molecule has 0 bridgehead atoms. The van der Waals surface area contributed by atoms with E-state index in [1.54, 1.807) is 12.4 Å². The van der Waals surface area contributed by atoms with Gasteiger partial charge in [0.05, 0.1) is 16.4 Å². The zero-order valence-electron chi connectivity index (χ0n) is 14.7. The standard InChI is InChI=1S/C17H15FN6O3S/c1-2-23-16(11-5-7-19-8-6-11)21-22-17(23)28-10-15(25)20-14-9-12(24(26)27)3-4-13(14)18/h3-9H,2,10H2,1H3,(H,20,25). The highest BCUT2D eigenvalue weighted by atomic mass is 32.2. The summed E-state index contributed by atoms with van der Waals surface area (Å²) < 4.78 is 15.6. The molecule has 144 valence electrons. The average Bonchev–Trinajstić information content (AvgIpc) is 3.11. The van der Waals surface area contributed by atoms with Crippen molar-refractivity contribution in [2.24, 2.45) is 0 Å². The maximum absolute atomic E-state index is 13.8. The molecular weight excluding hydrogens is 387 g/mol. The predicted molar refractivity (Wildman–Crippen MR) is 101 cm³/mol. The number of nitrogens with one attached hydrogen (secondary N) is 1. The van der Waals surface area contributed by atoms with E-state index in [0.717, 1.165) is 35.5 Å². The molecule has 0 aliphatic rings. The molecule has 9 nitrogen and oxygen atoms in total. The number of hydrogen-bond acceptors (Lipinski definition) is 7. The molecule has 0 saturated carbocycles. The fraction of sp³-hybridized carbons (Fsp3) is 0.176. The molecule has 0 atom stereocenters. The predicted octanol–water partition coefficient (Wildman–Crippen LogP) is 3.14.